The van der Waals surface area contributed by atoms with Crippen LogP contribution in [0, 0.1) is 26.7 Å². The predicted octanol–water partition coefficient (Wildman–Crippen LogP) is 0.416. The number of piperazine rings is 1. The summed E-state index contributed by atoms with van der Waals surface area (Å²) in [6.45, 7) is 10.4. The van der Waals surface area contributed by atoms with E-state index < -0.39 is 10.0 Å². The lowest BCUT2D eigenvalue weighted by atomic mass is 10.1. The van der Waals surface area contributed by atoms with Crippen molar-refractivity contribution >= 4 is 15.9 Å². The van der Waals surface area contributed by atoms with Gasteiger partial charge in [-0.1, -0.05) is 17.7 Å². The highest BCUT2D eigenvalue weighted by Crippen LogP contribution is 2.32. The molecule has 7 heteroatoms. The smallest absolute Gasteiger partial charge is 0.275 e. The van der Waals surface area contributed by atoms with E-state index in [9.17, 15) is 13.2 Å². The summed E-state index contributed by atoms with van der Waals surface area (Å²) in [7, 11) is -3.49. The van der Waals surface area contributed by atoms with E-state index in [1.54, 1.807) is 4.31 Å². The molecule has 27 heavy (non-hydrogen) atoms. The molecule has 1 heterocycles. The van der Waals surface area contributed by atoms with Crippen LogP contribution in [0.2, 0.25) is 0 Å². The molecule has 1 saturated heterocycles. The zero-order valence-electron chi connectivity index (χ0n) is 16.8. The van der Waals surface area contributed by atoms with Crippen LogP contribution in [-0.2, 0) is 14.8 Å². The van der Waals surface area contributed by atoms with E-state index in [-0.39, 0.29) is 11.9 Å². The van der Waals surface area contributed by atoms with Gasteiger partial charge in [-0.25, -0.2) is 8.42 Å². The molecule has 1 saturated carbocycles. The molecule has 0 aromatic heterocycles. The number of amides is 1. The Morgan fingerprint density at radius 2 is 1.74 bits per heavy atom. The van der Waals surface area contributed by atoms with Gasteiger partial charge in [-0.3, -0.25) is 4.79 Å². The Kier molecular flexibility index (Phi) is 5.93. The molecule has 2 fully saturated rings. The molecule has 1 aliphatic carbocycles. The zero-order valence-corrected chi connectivity index (χ0v) is 17.7. The molecule has 6 nitrogen and oxygen atoms in total. The largest absolute Gasteiger partial charge is 0.348 e. The lowest BCUT2D eigenvalue weighted by molar-refractivity contribution is -0.895. The Morgan fingerprint density at radius 1 is 1.19 bits per heavy atom. The number of sulfonamides is 1. The molecular weight excluding hydrogens is 362 g/mol. The highest BCUT2D eigenvalue weighted by Gasteiger charge is 2.34. The number of hydrogen-bond donors (Lipinski definition) is 2. The number of benzene rings is 1. The third-order valence-electron chi connectivity index (χ3n) is 5.76. The fourth-order valence-electron chi connectivity index (χ4n) is 4.17. The lowest BCUT2D eigenvalue weighted by Gasteiger charge is -2.32. The molecule has 0 unspecified atom stereocenters. The molecule has 1 amide bonds. The van der Waals surface area contributed by atoms with Gasteiger partial charge in [-0.15, -0.1) is 0 Å². The monoisotopic (exact) mass is 394 g/mol. The number of rotatable bonds is 6. The van der Waals surface area contributed by atoms with E-state index >= 15 is 0 Å². The normalized spacial score (nSPS) is 20.4. The molecule has 0 radical (unpaired) electrons. The van der Waals surface area contributed by atoms with Gasteiger partial charge in [0.2, 0.25) is 10.0 Å². The number of nitrogens with zero attached hydrogens (tertiary/aromatic N) is 1. The molecule has 2 aliphatic rings. The van der Waals surface area contributed by atoms with Crippen molar-refractivity contribution in [2.24, 2.45) is 5.92 Å². The van der Waals surface area contributed by atoms with Crippen molar-refractivity contribution in [1.29, 1.82) is 0 Å². The molecule has 1 atom stereocenters. The molecular formula is C20H32N3O3S+. The van der Waals surface area contributed by atoms with Crippen molar-refractivity contribution in [3.63, 3.8) is 0 Å². The van der Waals surface area contributed by atoms with Crippen LogP contribution in [0.5, 0.6) is 0 Å². The SMILES string of the molecule is Cc1cc(C)c(S(=O)(=O)N2CC[NH+](CC(=O)N[C@@H](C)C3CC3)CC2)c(C)c1. The highest BCUT2D eigenvalue weighted by molar-refractivity contribution is 7.89. The molecule has 150 valence electrons. The summed E-state index contributed by atoms with van der Waals surface area (Å²) < 4.78 is 27.8. The van der Waals surface area contributed by atoms with E-state index in [1.807, 2.05) is 32.9 Å². The van der Waals surface area contributed by atoms with Gasteiger partial charge in [0, 0.05) is 6.04 Å². The first-order chi connectivity index (χ1) is 12.7. The Labute approximate surface area is 163 Å². The van der Waals surface area contributed by atoms with Crippen LogP contribution in [0.4, 0.5) is 0 Å². The second-order valence-electron chi connectivity index (χ2n) is 8.25. The van der Waals surface area contributed by atoms with E-state index in [0.717, 1.165) is 21.6 Å². The fourth-order valence-corrected chi connectivity index (χ4v) is 6.02. The predicted molar refractivity (Wildman–Crippen MR) is 105 cm³/mol. The average Bonchev–Trinajstić information content (AvgIpc) is 3.38. The van der Waals surface area contributed by atoms with Crippen molar-refractivity contribution in [2.75, 3.05) is 32.7 Å². The number of nitrogens with one attached hydrogen (secondary N) is 2. The lowest BCUT2D eigenvalue weighted by Crippen LogP contribution is -3.15. The molecule has 3 rings (SSSR count). The minimum Gasteiger partial charge on any atom is -0.348 e. The van der Waals surface area contributed by atoms with Gasteiger partial charge in [-0.2, -0.15) is 4.31 Å². The van der Waals surface area contributed by atoms with Gasteiger partial charge >= 0.3 is 0 Å². The van der Waals surface area contributed by atoms with E-state index in [4.69, 9.17) is 0 Å². The number of quaternary nitrogens is 1. The Hall–Kier alpha value is -1.44. The Bertz CT molecular complexity index is 787. The van der Waals surface area contributed by atoms with Gasteiger partial charge in [0.05, 0.1) is 31.1 Å². The van der Waals surface area contributed by atoms with Crippen LogP contribution >= 0.6 is 0 Å². The van der Waals surface area contributed by atoms with Gasteiger partial charge in [0.25, 0.3) is 5.91 Å². The third kappa shape index (κ3) is 4.70. The van der Waals surface area contributed by atoms with Crippen molar-refractivity contribution in [3.8, 4) is 0 Å². The van der Waals surface area contributed by atoms with Crippen molar-refractivity contribution in [2.45, 2.75) is 51.5 Å². The van der Waals surface area contributed by atoms with E-state index in [1.165, 1.54) is 12.8 Å². The minimum atomic E-state index is -3.49. The standard InChI is InChI=1S/C20H31N3O3S/c1-14-11-15(2)20(16(3)12-14)27(25,26)23-9-7-22(8-10-23)13-19(24)21-17(4)18-5-6-18/h11-12,17-18H,5-10,13H2,1-4H3,(H,21,24)/p+1/t17-/m0/s1. The third-order valence-corrected chi connectivity index (χ3v) is 7.97. The maximum atomic E-state index is 13.1. The van der Waals surface area contributed by atoms with E-state index in [0.29, 0.717) is 43.5 Å². The Balaban J connectivity index is 1.59. The highest BCUT2D eigenvalue weighted by atomic mass is 32.2. The first-order valence-corrected chi connectivity index (χ1v) is 11.3. The summed E-state index contributed by atoms with van der Waals surface area (Å²) in [5.74, 6) is 0.720. The second-order valence-corrected chi connectivity index (χ2v) is 10.1. The number of hydrogen-bond acceptors (Lipinski definition) is 3. The van der Waals surface area contributed by atoms with Crippen LogP contribution in [0.1, 0.15) is 36.5 Å². The molecule has 2 N–H and O–H groups in total. The summed E-state index contributed by atoms with van der Waals surface area (Å²) >= 11 is 0. The summed E-state index contributed by atoms with van der Waals surface area (Å²) in [5, 5.41) is 3.08. The van der Waals surface area contributed by atoms with Gasteiger partial charge in [0.1, 0.15) is 0 Å². The number of carbonyl (C=O) groups excluding carboxylic acids is 1. The fraction of sp³-hybridized carbons (Fsp3) is 0.650. The zero-order chi connectivity index (χ0) is 19.8. The Morgan fingerprint density at radius 3 is 2.26 bits per heavy atom. The van der Waals surface area contributed by atoms with Crippen LogP contribution in [-0.4, -0.2) is 57.4 Å². The molecule has 1 aromatic rings. The molecule has 1 aliphatic heterocycles. The first kappa shape index (κ1) is 20.3. The quantitative estimate of drug-likeness (QED) is 0.735. The molecule has 1 aromatic carbocycles. The van der Waals surface area contributed by atoms with Crippen LogP contribution in [0.15, 0.2) is 17.0 Å². The van der Waals surface area contributed by atoms with Gasteiger partial charge in [0.15, 0.2) is 6.54 Å². The molecule has 0 bridgehead atoms. The minimum absolute atomic E-state index is 0.0749. The first-order valence-electron chi connectivity index (χ1n) is 9.89. The second kappa shape index (κ2) is 7.89. The summed E-state index contributed by atoms with van der Waals surface area (Å²) in [6.07, 6.45) is 2.42. The summed E-state index contributed by atoms with van der Waals surface area (Å²) in [5.41, 5.74) is 2.68. The van der Waals surface area contributed by atoms with Crippen molar-refractivity contribution in [3.05, 3.63) is 28.8 Å². The maximum absolute atomic E-state index is 13.1. The van der Waals surface area contributed by atoms with Crippen LogP contribution in [0.25, 0.3) is 0 Å². The molecule has 0 spiro atoms. The van der Waals surface area contributed by atoms with Gasteiger partial charge < -0.3 is 10.2 Å². The number of carbonyl (C=O) groups is 1. The van der Waals surface area contributed by atoms with Crippen LogP contribution in [0.3, 0.4) is 0 Å². The van der Waals surface area contributed by atoms with Crippen molar-refractivity contribution in [1.82, 2.24) is 9.62 Å². The van der Waals surface area contributed by atoms with E-state index in [2.05, 4.69) is 12.2 Å². The summed E-state index contributed by atoms with van der Waals surface area (Å²) in [4.78, 5) is 13.8. The van der Waals surface area contributed by atoms with Gasteiger partial charge in [-0.05, 0) is 57.6 Å². The van der Waals surface area contributed by atoms with Crippen LogP contribution < -0.4 is 10.2 Å². The topological polar surface area (TPSA) is 70.9 Å². The van der Waals surface area contributed by atoms with Crippen molar-refractivity contribution < 1.29 is 18.1 Å². The summed E-state index contributed by atoms with van der Waals surface area (Å²) in [6, 6.07) is 4.10. The average molecular weight is 395 g/mol. The maximum Gasteiger partial charge on any atom is 0.275 e. The number of aryl methyl sites for hydroxylation is 3.